The highest BCUT2D eigenvalue weighted by atomic mass is 35.5. The molecule has 1 aromatic heterocycles. The number of sulfonamides is 1. The monoisotopic (exact) mass is 326 g/mol. The Hall–Kier alpha value is -2.12. The molecule has 0 saturated heterocycles. The molecule has 0 spiro atoms. The number of hydrogen-bond donors (Lipinski definition) is 2. The van der Waals surface area contributed by atoms with E-state index in [1.807, 2.05) is 4.72 Å². The standard InChI is InChI=1S/C13H11ClN2O4S/c1-8-4-2-3-5-11(8)21(19,20)16-12(17)9-6-10(14)13(18)15-7-9/h2-7H,1H3,(H,15,18)(H,16,17). The molecule has 1 amide bonds. The fourth-order valence-corrected chi connectivity index (χ4v) is 3.07. The number of aromatic amines is 1. The average molecular weight is 327 g/mol. The zero-order valence-corrected chi connectivity index (χ0v) is 12.5. The first-order chi connectivity index (χ1) is 9.81. The number of H-pyrrole nitrogens is 1. The molecule has 2 rings (SSSR count). The van der Waals surface area contributed by atoms with Gasteiger partial charge in [0.15, 0.2) is 0 Å². The molecule has 0 fully saturated rings. The van der Waals surface area contributed by atoms with Gasteiger partial charge in [-0.25, -0.2) is 13.1 Å². The Morgan fingerprint density at radius 1 is 1.29 bits per heavy atom. The number of pyridine rings is 1. The third-order valence-electron chi connectivity index (χ3n) is 2.73. The zero-order chi connectivity index (χ0) is 15.6. The first-order valence-electron chi connectivity index (χ1n) is 5.82. The van der Waals surface area contributed by atoms with E-state index in [1.165, 1.54) is 6.07 Å². The van der Waals surface area contributed by atoms with E-state index in [2.05, 4.69) is 4.98 Å². The Kier molecular flexibility index (Phi) is 4.15. The van der Waals surface area contributed by atoms with Crippen molar-refractivity contribution < 1.29 is 13.2 Å². The minimum atomic E-state index is -4.00. The molecular weight excluding hydrogens is 316 g/mol. The molecule has 0 atom stereocenters. The largest absolute Gasteiger partial charge is 0.327 e. The molecule has 1 heterocycles. The number of benzene rings is 1. The van der Waals surface area contributed by atoms with Crippen molar-refractivity contribution in [2.75, 3.05) is 0 Å². The van der Waals surface area contributed by atoms with Crippen LogP contribution in [0.15, 0.2) is 46.2 Å². The molecule has 0 radical (unpaired) electrons. The summed E-state index contributed by atoms with van der Waals surface area (Å²) in [5, 5.41) is -0.198. The van der Waals surface area contributed by atoms with E-state index in [-0.39, 0.29) is 15.5 Å². The van der Waals surface area contributed by atoms with Crippen molar-refractivity contribution in [1.82, 2.24) is 9.71 Å². The fraction of sp³-hybridized carbons (Fsp3) is 0.0769. The van der Waals surface area contributed by atoms with Crippen LogP contribution >= 0.6 is 11.6 Å². The second-order valence-corrected chi connectivity index (χ2v) is 6.32. The van der Waals surface area contributed by atoms with Crippen LogP contribution in [-0.4, -0.2) is 19.3 Å². The van der Waals surface area contributed by atoms with E-state index in [9.17, 15) is 18.0 Å². The van der Waals surface area contributed by atoms with Gasteiger partial charge in [-0.05, 0) is 24.6 Å². The highest BCUT2D eigenvalue weighted by Crippen LogP contribution is 2.14. The van der Waals surface area contributed by atoms with Crippen molar-refractivity contribution in [1.29, 1.82) is 0 Å². The number of halogens is 1. The van der Waals surface area contributed by atoms with Gasteiger partial charge < -0.3 is 4.98 Å². The fourth-order valence-electron chi connectivity index (χ4n) is 1.68. The lowest BCUT2D eigenvalue weighted by molar-refractivity contribution is 0.0981. The minimum absolute atomic E-state index is 0.00821. The SMILES string of the molecule is Cc1ccccc1S(=O)(=O)NC(=O)c1c[nH]c(=O)c(Cl)c1. The summed E-state index contributed by atoms with van der Waals surface area (Å²) in [4.78, 5) is 25.3. The topological polar surface area (TPSA) is 96.1 Å². The quantitative estimate of drug-likeness (QED) is 0.892. The molecule has 0 unspecified atom stereocenters. The number of carbonyl (C=O) groups excluding carboxylic acids is 1. The van der Waals surface area contributed by atoms with Crippen LogP contribution in [0.5, 0.6) is 0 Å². The van der Waals surface area contributed by atoms with Crippen molar-refractivity contribution in [3.8, 4) is 0 Å². The number of hydrogen-bond acceptors (Lipinski definition) is 4. The van der Waals surface area contributed by atoms with E-state index in [0.717, 1.165) is 12.3 Å². The predicted molar refractivity (Wildman–Crippen MR) is 77.9 cm³/mol. The second kappa shape index (κ2) is 5.71. The molecule has 0 saturated carbocycles. The maximum absolute atomic E-state index is 12.2. The van der Waals surface area contributed by atoms with Gasteiger partial charge in [-0.2, -0.15) is 0 Å². The summed E-state index contributed by atoms with van der Waals surface area (Å²) in [6.45, 7) is 1.62. The smallest absolute Gasteiger partial charge is 0.266 e. The Labute approximate surface area is 125 Å². The van der Waals surface area contributed by atoms with Gasteiger partial charge in [0, 0.05) is 6.20 Å². The van der Waals surface area contributed by atoms with Gasteiger partial charge in [-0.3, -0.25) is 9.59 Å². The summed E-state index contributed by atoms with van der Waals surface area (Å²) in [7, 11) is -4.00. The summed E-state index contributed by atoms with van der Waals surface area (Å²) in [5.74, 6) is -0.878. The van der Waals surface area contributed by atoms with Crippen molar-refractivity contribution in [2.24, 2.45) is 0 Å². The lowest BCUT2D eigenvalue weighted by atomic mass is 10.2. The van der Waals surface area contributed by atoms with Crippen LogP contribution in [0.3, 0.4) is 0 Å². The van der Waals surface area contributed by atoms with Crippen LogP contribution in [0.2, 0.25) is 5.02 Å². The van der Waals surface area contributed by atoms with Gasteiger partial charge >= 0.3 is 0 Å². The summed E-state index contributed by atoms with van der Waals surface area (Å²) in [6, 6.07) is 7.37. The molecule has 21 heavy (non-hydrogen) atoms. The van der Waals surface area contributed by atoms with E-state index < -0.39 is 21.5 Å². The number of aryl methyl sites for hydroxylation is 1. The predicted octanol–water partition coefficient (Wildman–Crippen LogP) is 1.46. The molecule has 6 nitrogen and oxygen atoms in total. The maximum Gasteiger partial charge on any atom is 0.266 e. The van der Waals surface area contributed by atoms with Crippen molar-refractivity contribution in [3.05, 3.63) is 63.0 Å². The molecule has 0 aliphatic heterocycles. The first-order valence-corrected chi connectivity index (χ1v) is 7.68. The van der Waals surface area contributed by atoms with Gasteiger partial charge in [0.25, 0.3) is 21.5 Å². The molecule has 1 aromatic carbocycles. The third-order valence-corrected chi connectivity index (χ3v) is 4.50. The summed E-state index contributed by atoms with van der Waals surface area (Å²) in [5.41, 5.74) is -0.107. The zero-order valence-electron chi connectivity index (χ0n) is 10.9. The first kappa shape index (κ1) is 15.3. The van der Waals surface area contributed by atoms with Crippen molar-refractivity contribution in [2.45, 2.75) is 11.8 Å². The van der Waals surface area contributed by atoms with E-state index in [1.54, 1.807) is 25.1 Å². The molecule has 0 aliphatic rings. The molecule has 110 valence electrons. The van der Waals surface area contributed by atoms with Crippen molar-refractivity contribution >= 4 is 27.5 Å². The summed E-state index contributed by atoms with van der Waals surface area (Å²) >= 11 is 5.60. The van der Waals surface area contributed by atoms with Crippen molar-refractivity contribution in [3.63, 3.8) is 0 Å². The lowest BCUT2D eigenvalue weighted by Gasteiger charge is -2.09. The van der Waals surface area contributed by atoms with Gasteiger partial charge in [-0.1, -0.05) is 29.8 Å². The Balaban J connectivity index is 2.32. The van der Waals surface area contributed by atoms with Crippen LogP contribution in [0.25, 0.3) is 0 Å². The Morgan fingerprint density at radius 3 is 2.57 bits per heavy atom. The third kappa shape index (κ3) is 3.32. The molecule has 0 aliphatic carbocycles. The number of carbonyl (C=O) groups is 1. The lowest BCUT2D eigenvalue weighted by Crippen LogP contribution is -2.31. The normalized spacial score (nSPS) is 11.1. The van der Waals surface area contributed by atoms with E-state index in [4.69, 9.17) is 11.6 Å². The van der Waals surface area contributed by atoms with Crippen LogP contribution in [-0.2, 0) is 10.0 Å². The van der Waals surface area contributed by atoms with Gasteiger partial charge in [0.05, 0.1) is 10.5 Å². The van der Waals surface area contributed by atoms with Crippen LogP contribution in [0.4, 0.5) is 0 Å². The number of amides is 1. The number of rotatable bonds is 3. The average Bonchev–Trinajstić information content (AvgIpc) is 2.41. The number of aromatic nitrogens is 1. The molecule has 8 heteroatoms. The maximum atomic E-state index is 12.2. The van der Waals surface area contributed by atoms with Gasteiger partial charge in [0.1, 0.15) is 5.02 Å². The number of nitrogens with one attached hydrogen (secondary N) is 2. The second-order valence-electron chi connectivity index (χ2n) is 4.27. The molecule has 2 aromatic rings. The van der Waals surface area contributed by atoms with Crippen LogP contribution in [0.1, 0.15) is 15.9 Å². The molecule has 0 bridgehead atoms. The minimum Gasteiger partial charge on any atom is -0.327 e. The van der Waals surface area contributed by atoms with Crippen LogP contribution in [0, 0.1) is 6.92 Å². The summed E-state index contributed by atoms with van der Waals surface area (Å²) < 4.78 is 26.2. The van der Waals surface area contributed by atoms with Crippen LogP contribution < -0.4 is 10.3 Å². The Morgan fingerprint density at radius 2 is 1.95 bits per heavy atom. The van der Waals surface area contributed by atoms with E-state index >= 15 is 0 Å². The van der Waals surface area contributed by atoms with E-state index in [0.29, 0.717) is 5.56 Å². The highest BCUT2D eigenvalue weighted by Gasteiger charge is 2.20. The van der Waals surface area contributed by atoms with Gasteiger partial charge in [0.2, 0.25) is 0 Å². The highest BCUT2D eigenvalue weighted by molar-refractivity contribution is 7.90. The summed E-state index contributed by atoms with van der Waals surface area (Å²) in [6.07, 6.45) is 1.09. The molecule has 2 N–H and O–H groups in total. The molecular formula is C13H11ClN2O4S. The Bertz CT molecular complexity index is 858. The van der Waals surface area contributed by atoms with Gasteiger partial charge in [-0.15, -0.1) is 0 Å².